The third kappa shape index (κ3) is 3.46. The van der Waals surface area contributed by atoms with Gasteiger partial charge in [0.05, 0.1) is 12.5 Å². The average Bonchev–Trinajstić information content (AvgIpc) is 2.69. The number of rotatable bonds is 3. The SMILES string of the molecule is O=C1C=CC2(C=C1)OCC(Cc1ccc(Cl)cc1)C(=O)N2c1ccccc1. The summed E-state index contributed by atoms with van der Waals surface area (Å²) in [4.78, 5) is 26.7. The van der Waals surface area contributed by atoms with Crippen molar-refractivity contribution in [1.29, 1.82) is 0 Å². The number of hydrogen-bond donors (Lipinski definition) is 0. The van der Waals surface area contributed by atoms with E-state index in [2.05, 4.69) is 0 Å². The first-order chi connectivity index (χ1) is 13.1. The van der Waals surface area contributed by atoms with Crippen LogP contribution in [0.25, 0.3) is 0 Å². The van der Waals surface area contributed by atoms with Crippen molar-refractivity contribution < 1.29 is 14.3 Å². The topological polar surface area (TPSA) is 46.6 Å². The lowest BCUT2D eigenvalue weighted by Crippen LogP contribution is -2.60. The average molecular weight is 380 g/mol. The van der Waals surface area contributed by atoms with E-state index in [0.29, 0.717) is 11.4 Å². The number of carbonyl (C=O) groups excluding carboxylic acids is 2. The molecule has 0 aromatic heterocycles. The van der Waals surface area contributed by atoms with Crippen LogP contribution in [-0.4, -0.2) is 24.0 Å². The minimum Gasteiger partial charge on any atom is -0.347 e. The third-order valence-electron chi connectivity index (χ3n) is 4.82. The number of hydrogen-bond acceptors (Lipinski definition) is 3. The molecule has 1 spiro atoms. The van der Waals surface area contributed by atoms with E-state index in [4.69, 9.17) is 16.3 Å². The van der Waals surface area contributed by atoms with Crippen molar-refractivity contribution >= 4 is 29.0 Å². The number of ether oxygens (including phenoxy) is 1. The maximum Gasteiger partial charge on any atom is 0.235 e. The number of halogens is 1. The Hall–Kier alpha value is -2.69. The Labute approximate surface area is 162 Å². The predicted molar refractivity (Wildman–Crippen MR) is 105 cm³/mol. The lowest BCUT2D eigenvalue weighted by molar-refractivity contribution is -0.138. The van der Waals surface area contributed by atoms with Crippen LogP contribution in [0, 0.1) is 5.92 Å². The zero-order chi connectivity index (χ0) is 18.9. The second-order valence-electron chi connectivity index (χ2n) is 6.67. The molecule has 136 valence electrons. The van der Waals surface area contributed by atoms with Crippen molar-refractivity contribution in [3.8, 4) is 0 Å². The normalized spacial score (nSPS) is 21.1. The Bertz CT molecular complexity index is 902. The Morgan fingerprint density at radius 1 is 1.00 bits per heavy atom. The summed E-state index contributed by atoms with van der Waals surface area (Å²) >= 11 is 5.95. The summed E-state index contributed by atoms with van der Waals surface area (Å²) in [5.74, 6) is -0.476. The van der Waals surface area contributed by atoms with Crippen LogP contribution in [0.5, 0.6) is 0 Å². The standard InChI is InChI=1S/C22H18ClNO3/c23-18-8-6-16(7-9-18)14-17-15-27-22(12-10-20(25)11-13-22)24(21(17)26)19-4-2-1-3-5-19/h1-13,17H,14-15H2. The van der Waals surface area contributed by atoms with Gasteiger partial charge < -0.3 is 4.74 Å². The molecule has 1 unspecified atom stereocenters. The highest BCUT2D eigenvalue weighted by Crippen LogP contribution is 2.36. The molecule has 4 rings (SSSR count). The van der Waals surface area contributed by atoms with Crippen molar-refractivity contribution in [2.75, 3.05) is 11.5 Å². The van der Waals surface area contributed by atoms with E-state index in [1.807, 2.05) is 54.6 Å². The molecule has 2 aromatic carbocycles. The van der Waals surface area contributed by atoms with Crippen LogP contribution >= 0.6 is 11.6 Å². The molecule has 5 heteroatoms. The molecule has 1 saturated heterocycles. The zero-order valence-electron chi connectivity index (χ0n) is 14.5. The van der Waals surface area contributed by atoms with E-state index in [1.54, 1.807) is 17.1 Å². The molecule has 0 N–H and O–H groups in total. The summed E-state index contributed by atoms with van der Waals surface area (Å²) in [5.41, 5.74) is 0.685. The van der Waals surface area contributed by atoms with Crippen LogP contribution in [0.3, 0.4) is 0 Å². The van der Waals surface area contributed by atoms with E-state index >= 15 is 0 Å². The maximum atomic E-state index is 13.4. The number of allylic oxidation sites excluding steroid dienone is 2. The van der Waals surface area contributed by atoms with E-state index in [9.17, 15) is 9.59 Å². The highest BCUT2D eigenvalue weighted by Gasteiger charge is 2.46. The molecule has 2 aromatic rings. The van der Waals surface area contributed by atoms with E-state index in [1.165, 1.54) is 12.2 Å². The molecule has 1 fully saturated rings. The highest BCUT2D eigenvalue weighted by molar-refractivity contribution is 6.30. The third-order valence-corrected chi connectivity index (χ3v) is 5.07. The lowest BCUT2D eigenvalue weighted by Gasteiger charge is -2.46. The molecule has 1 atom stereocenters. The van der Waals surface area contributed by atoms with Gasteiger partial charge in [0.25, 0.3) is 0 Å². The summed E-state index contributed by atoms with van der Waals surface area (Å²) in [7, 11) is 0. The molecule has 0 radical (unpaired) electrons. The summed E-state index contributed by atoms with van der Waals surface area (Å²) in [6, 6.07) is 16.9. The number of carbonyl (C=O) groups is 2. The molecular formula is C22H18ClNO3. The molecular weight excluding hydrogens is 362 g/mol. The molecule has 1 aliphatic carbocycles. The lowest BCUT2D eigenvalue weighted by atomic mass is 9.92. The largest absolute Gasteiger partial charge is 0.347 e. The van der Waals surface area contributed by atoms with Crippen LogP contribution in [0.1, 0.15) is 5.56 Å². The van der Waals surface area contributed by atoms with Crippen LogP contribution < -0.4 is 4.90 Å². The minimum atomic E-state index is -1.07. The minimum absolute atomic E-state index is 0.0361. The van der Waals surface area contributed by atoms with Crippen molar-refractivity contribution in [3.05, 3.63) is 89.5 Å². The second kappa shape index (κ2) is 7.14. The van der Waals surface area contributed by atoms with Gasteiger partial charge in [-0.1, -0.05) is 41.9 Å². The van der Waals surface area contributed by atoms with Gasteiger partial charge in [0, 0.05) is 10.7 Å². The molecule has 4 nitrogen and oxygen atoms in total. The van der Waals surface area contributed by atoms with Gasteiger partial charge in [-0.2, -0.15) is 0 Å². The van der Waals surface area contributed by atoms with Gasteiger partial charge in [0.2, 0.25) is 5.91 Å². The number of benzene rings is 2. The van der Waals surface area contributed by atoms with Crippen molar-refractivity contribution in [1.82, 2.24) is 0 Å². The molecule has 0 bridgehead atoms. The molecule has 2 aliphatic rings. The van der Waals surface area contributed by atoms with Gasteiger partial charge in [0.1, 0.15) is 0 Å². The fraction of sp³-hybridized carbons (Fsp3) is 0.182. The fourth-order valence-electron chi connectivity index (χ4n) is 3.44. The van der Waals surface area contributed by atoms with Crippen LogP contribution in [0.15, 0.2) is 78.9 Å². The first kappa shape index (κ1) is 17.7. The van der Waals surface area contributed by atoms with Crippen LogP contribution in [0.2, 0.25) is 5.02 Å². The smallest absolute Gasteiger partial charge is 0.235 e. The number of ketones is 1. The number of anilines is 1. The fourth-order valence-corrected chi connectivity index (χ4v) is 3.57. The van der Waals surface area contributed by atoms with Crippen LogP contribution in [0.4, 0.5) is 5.69 Å². The number of nitrogens with zero attached hydrogens (tertiary/aromatic N) is 1. The quantitative estimate of drug-likeness (QED) is 0.811. The van der Waals surface area contributed by atoms with Gasteiger partial charge >= 0.3 is 0 Å². The highest BCUT2D eigenvalue weighted by atomic mass is 35.5. The summed E-state index contributed by atoms with van der Waals surface area (Å²) in [5, 5.41) is 0.664. The monoisotopic (exact) mass is 379 g/mol. The summed E-state index contributed by atoms with van der Waals surface area (Å²) < 4.78 is 6.15. The van der Waals surface area contributed by atoms with Gasteiger partial charge in [-0.05, 0) is 60.6 Å². The summed E-state index contributed by atoms with van der Waals surface area (Å²) in [6.45, 7) is 0.271. The Balaban J connectivity index is 1.68. The number of amides is 1. The van der Waals surface area contributed by atoms with Crippen LogP contribution in [-0.2, 0) is 20.7 Å². The molecule has 0 saturated carbocycles. The second-order valence-corrected chi connectivity index (χ2v) is 7.11. The Morgan fingerprint density at radius 3 is 2.33 bits per heavy atom. The van der Waals surface area contributed by atoms with Crippen molar-refractivity contribution in [2.45, 2.75) is 12.1 Å². The molecule has 1 heterocycles. The van der Waals surface area contributed by atoms with Gasteiger partial charge in [-0.25, -0.2) is 0 Å². The predicted octanol–water partition coefficient (Wildman–Crippen LogP) is 3.95. The molecule has 1 aliphatic heterocycles. The van der Waals surface area contributed by atoms with E-state index < -0.39 is 5.72 Å². The Morgan fingerprint density at radius 2 is 1.67 bits per heavy atom. The van der Waals surface area contributed by atoms with E-state index in [0.717, 1.165) is 11.3 Å². The first-order valence-electron chi connectivity index (χ1n) is 8.77. The Kier molecular flexibility index (Phi) is 4.68. The molecule has 1 amide bonds. The van der Waals surface area contributed by atoms with Gasteiger partial charge in [-0.15, -0.1) is 0 Å². The van der Waals surface area contributed by atoms with Crippen molar-refractivity contribution in [3.63, 3.8) is 0 Å². The molecule has 27 heavy (non-hydrogen) atoms. The summed E-state index contributed by atoms with van der Waals surface area (Å²) in [6.07, 6.45) is 6.75. The van der Waals surface area contributed by atoms with Gasteiger partial charge in [0.15, 0.2) is 11.5 Å². The van der Waals surface area contributed by atoms with E-state index in [-0.39, 0.29) is 24.2 Å². The maximum absolute atomic E-state index is 13.4. The van der Waals surface area contributed by atoms with Crippen molar-refractivity contribution in [2.24, 2.45) is 5.92 Å². The zero-order valence-corrected chi connectivity index (χ0v) is 15.3. The number of para-hydroxylation sites is 1. The van der Waals surface area contributed by atoms with Gasteiger partial charge in [-0.3, -0.25) is 14.5 Å². The first-order valence-corrected chi connectivity index (χ1v) is 9.15.